The predicted molar refractivity (Wildman–Crippen MR) is 60.3 cm³/mol. The number of likely N-dealkylation sites (tertiary alicyclic amines) is 1. The lowest BCUT2D eigenvalue weighted by atomic mass is 9.87. The van der Waals surface area contributed by atoms with Gasteiger partial charge >= 0.3 is 0 Å². The summed E-state index contributed by atoms with van der Waals surface area (Å²) in [6.45, 7) is 5.87. The molecule has 3 heteroatoms. The molecule has 0 aromatic rings. The Morgan fingerprint density at radius 1 is 1.33 bits per heavy atom. The van der Waals surface area contributed by atoms with Crippen molar-refractivity contribution in [3.63, 3.8) is 0 Å². The Balaban J connectivity index is 2.02. The lowest BCUT2D eigenvalue weighted by Gasteiger charge is -2.28. The maximum absolute atomic E-state index is 12.3. The summed E-state index contributed by atoms with van der Waals surface area (Å²) < 4.78 is 0. The first-order valence-electron chi connectivity index (χ1n) is 6.08. The summed E-state index contributed by atoms with van der Waals surface area (Å²) in [7, 11) is 0. The minimum Gasteiger partial charge on any atom is -0.340 e. The van der Waals surface area contributed by atoms with Crippen LogP contribution < -0.4 is 5.73 Å². The van der Waals surface area contributed by atoms with Crippen molar-refractivity contribution in [2.45, 2.75) is 45.6 Å². The highest BCUT2D eigenvalue weighted by molar-refractivity contribution is 5.83. The molecule has 86 valence electrons. The number of nitrogens with zero attached hydrogens (tertiary/aromatic N) is 1. The van der Waals surface area contributed by atoms with E-state index in [-0.39, 0.29) is 11.5 Å². The van der Waals surface area contributed by atoms with Gasteiger partial charge in [0.05, 0.1) is 0 Å². The van der Waals surface area contributed by atoms with E-state index in [0.717, 1.165) is 25.9 Å². The van der Waals surface area contributed by atoms with Gasteiger partial charge in [-0.1, -0.05) is 26.7 Å². The minimum absolute atomic E-state index is 0.0796. The highest BCUT2D eigenvalue weighted by atomic mass is 16.2. The topological polar surface area (TPSA) is 46.3 Å². The Labute approximate surface area is 92.0 Å². The van der Waals surface area contributed by atoms with Gasteiger partial charge in [-0.3, -0.25) is 4.79 Å². The van der Waals surface area contributed by atoms with E-state index >= 15 is 0 Å². The highest BCUT2D eigenvalue weighted by Gasteiger charge is 2.42. The van der Waals surface area contributed by atoms with Crippen LogP contribution in [0.2, 0.25) is 0 Å². The van der Waals surface area contributed by atoms with Crippen molar-refractivity contribution in [3.05, 3.63) is 0 Å². The summed E-state index contributed by atoms with van der Waals surface area (Å²) in [5.41, 5.74) is 5.87. The number of rotatable bonds is 1. The minimum atomic E-state index is -0.0796. The van der Waals surface area contributed by atoms with E-state index in [4.69, 9.17) is 5.73 Å². The maximum atomic E-state index is 12.3. The molecular formula is C12H22N2O. The zero-order chi connectivity index (χ0) is 11.1. The Morgan fingerprint density at radius 2 is 1.93 bits per heavy atom. The smallest absolute Gasteiger partial charge is 0.228 e. The lowest BCUT2D eigenvalue weighted by molar-refractivity contribution is -0.140. The van der Waals surface area contributed by atoms with E-state index in [2.05, 4.69) is 13.8 Å². The van der Waals surface area contributed by atoms with Gasteiger partial charge in [0, 0.05) is 24.5 Å². The third kappa shape index (κ3) is 1.89. The molecule has 15 heavy (non-hydrogen) atoms. The van der Waals surface area contributed by atoms with E-state index in [9.17, 15) is 4.79 Å². The van der Waals surface area contributed by atoms with E-state index in [1.54, 1.807) is 0 Å². The number of hydrogen-bond donors (Lipinski definition) is 1. The van der Waals surface area contributed by atoms with Crippen molar-refractivity contribution < 1.29 is 4.79 Å². The highest BCUT2D eigenvalue weighted by Crippen LogP contribution is 2.39. The first-order chi connectivity index (χ1) is 7.03. The molecule has 0 radical (unpaired) electrons. The van der Waals surface area contributed by atoms with Crippen molar-refractivity contribution in [3.8, 4) is 0 Å². The fourth-order valence-corrected chi connectivity index (χ4v) is 2.91. The molecule has 0 spiro atoms. The summed E-state index contributed by atoms with van der Waals surface area (Å²) >= 11 is 0. The summed E-state index contributed by atoms with van der Waals surface area (Å²) in [5.74, 6) is 0.804. The zero-order valence-electron chi connectivity index (χ0n) is 9.83. The van der Waals surface area contributed by atoms with Gasteiger partial charge in [-0.2, -0.15) is 0 Å². The average Bonchev–Trinajstić information content (AvgIpc) is 2.75. The van der Waals surface area contributed by atoms with Gasteiger partial charge in [-0.15, -0.1) is 0 Å². The first kappa shape index (κ1) is 10.9. The Kier molecular flexibility index (Phi) is 2.75. The van der Waals surface area contributed by atoms with Crippen LogP contribution in [0.4, 0.5) is 0 Å². The van der Waals surface area contributed by atoms with Crippen LogP contribution in [0.15, 0.2) is 0 Å². The van der Waals surface area contributed by atoms with Crippen LogP contribution in [0, 0.1) is 11.3 Å². The van der Waals surface area contributed by atoms with Gasteiger partial charge in [0.2, 0.25) is 5.91 Å². The molecule has 1 saturated carbocycles. The lowest BCUT2D eigenvalue weighted by Crippen LogP contribution is -2.40. The molecule has 2 aliphatic rings. The second kappa shape index (κ2) is 3.78. The van der Waals surface area contributed by atoms with Gasteiger partial charge in [0.25, 0.3) is 0 Å². The predicted octanol–water partition coefficient (Wildman–Crippen LogP) is 1.37. The van der Waals surface area contributed by atoms with Gasteiger partial charge in [0.15, 0.2) is 0 Å². The van der Waals surface area contributed by atoms with Crippen LogP contribution >= 0.6 is 0 Å². The molecule has 2 unspecified atom stereocenters. The van der Waals surface area contributed by atoms with E-state index in [0.29, 0.717) is 11.8 Å². The molecule has 2 N–H and O–H groups in total. The van der Waals surface area contributed by atoms with Crippen LogP contribution in [0.5, 0.6) is 0 Å². The van der Waals surface area contributed by atoms with Gasteiger partial charge in [-0.25, -0.2) is 0 Å². The average molecular weight is 210 g/mol. The van der Waals surface area contributed by atoms with Crippen LogP contribution in [0.3, 0.4) is 0 Å². The van der Waals surface area contributed by atoms with E-state index in [1.165, 1.54) is 12.8 Å². The van der Waals surface area contributed by atoms with Gasteiger partial charge < -0.3 is 10.6 Å². The Morgan fingerprint density at radius 3 is 2.40 bits per heavy atom. The van der Waals surface area contributed by atoms with Crippen molar-refractivity contribution in [2.24, 2.45) is 17.1 Å². The molecule has 2 atom stereocenters. The SMILES string of the molecule is CC1CN(C(=O)C2(C)CCCC2)CC1N. The Bertz CT molecular complexity index is 248. The quantitative estimate of drug-likeness (QED) is 0.710. The van der Waals surface area contributed by atoms with Crippen molar-refractivity contribution in [1.82, 2.24) is 4.90 Å². The summed E-state index contributed by atoms with van der Waals surface area (Å²) in [6.07, 6.45) is 4.53. The van der Waals surface area contributed by atoms with Crippen LogP contribution in [-0.2, 0) is 4.79 Å². The molecule has 3 nitrogen and oxygen atoms in total. The second-order valence-electron chi connectivity index (χ2n) is 5.62. The standard InChI is InChI=1S/C12H22N2O/c1-9-7-14(8-10(9)13)11(15)12(2)5-3-4-6-12/h9-10H,3-8,13H2,1-2H3. The normalized spacial score (nSPS) is 34.7. The molecule has 1 aliphatic carbocycles. The summed E-state index contributed by atoms with van der Waals surface area (Å²) in [4.78, 5) is 14.3. The second-order valence-corrected chi connectivity index (χ2v) is 5.62. The summed E-state index contributed by atoms with van der Waals surface area (Å²) in [6, 6.07) is 0.180. The Hall–Kier alpha value is -0.570. The zero-order valence-corrected chi connectivity index (χ0v) is 9.83. The van der Waals surface area contributed by atoms with Crippen LogP contribution in [0.25, 0.3) is 0 Å². The largest absolute Gasteiger partial charge is 0.340 e. The molecule has 0 aromatic carbocycles. The van der Waals surface area contributed by atoms with Crippen LogP contribution in [0.1, 0.15) is 39.5 Å². The molecule has 0 bridgehead atoms. The van der Waals surface area contributed by atoms with Gasteiger partial charge in [0.1, 0.15) is 0 Å². The molecule has 2 fully saturated rings. The molecule has 1 aliphatic heterocycles. The monoisotopic (exact) mass is 210 g/mol. The van der Waals surface area contributed by atoms with Crippen molar-refractivity contribution in [1.29, 1.82) is 0 Å². The summed E-state index contributed by atoms with van der Waals surface area (Å²) in [5, 5.41) is 0. The van der Waals surface area contributed by atoms with Crippen molar-refractivity contribution in [2.75, 3.05) is 13.1 Å². The third-order valence-corrected chi connectivity index (χ3v) is 4.18. The molecule has 1 heterocycles. The molecule has 1 saturated heterocycles. The molecule has 0 aromatic heterocycles. The number of carbonyl (C=O) groups excluding carboxylic acids is 1. The molecule has 1 amide bonds. The molecular weight excluding hydrogens is 188 g/mol. The van der Waals surface area contributed by atoms with Crippen molar-refractivity contribution >= 4 is 5.91 Å². The van der Waals surface area contributed by atoms with Crippen LogP contribution in [-0.4, -0.2) is 29.9 Å². The molecule has 2 rings (SSSR count). The van der Waals surface area contributed by atoms with E-state index < -0.39 is 0 Å². The fraction of sp³-hybridized carbons (Fsp3) is 0.917. The van der Waals surface area contributed by atoms with E-state index in [1.807, 2.05) is 4.90 Å². The number of nitrogens with two attached hydrogens (primary N) is 1. The third-order valence-electron chi connectivity index (χ3n) is 4.18. The van der Waals surface area contributed by atoms with Gasteiger partial charge in [-0.05, 0) is 18.8 Å². The maximum Gasteiger partial charge on any atom is 0.228 e. The number of hydrogen-bond acceptors (Lipinski definition) is 2. The first-order valence-corrected chi connectivity index (χ1v) is 6.08. The number of amides is 1. The fourth-order valence-electron chi connectivity index (χ4n) is 2.91. The number of carbonyl (C=O) groups is 1.